The first-order chi connectivity index (χ1) is 14.6. The molecule has 0 aliphatic carbocycles. The lowest BCUT2D eigenvalue weighted by Gasteiger charge is -2.24. The number of thioether (sulfide) groups is 1. The van der Waals surface area contributed by atoms with E-state index in [4.69, 9.17) is 11.7 Å². The van der Waals surface area contributed by atoms with Crippen LogP contribution in [0, 0.1) is 34.6 Å². The van der Waals surface area contributed by atoms with Gasteiger partial charge in [0.05, 0.1) is 17.1 Å². The van der Waals surface area contributed by atoms with Gasteiger partial charge in [-0.05, 0) is 81.1 Å². The van der Waals surface area contributed by atoms with Crippen LogP contribution in [-0.2, 0) is 5.75 Å². The lowest BCUT2D eigenvalue weighted by molar-refractivity contribution is 0.216. The fourth-order valence-corrected chi connectivity index (χ4v) is 4.55. The molecule has 0 spiro atoms. The standard InChI is InChI=1S/C23H30N6OS/c1-14-8-7-9-21(28(25)23(30)27(6)24)20(14)13-31-22-11-10-19(12-15(22)2)29-18(5)16(3)17(4)26-29/h7-12H,13,24-25H2,1-6H3. The summed E-state index contributed by atoms with van der Waals surface area (Å²) in [6.45, 7) is 10.3. The SMILES string of the molecule is Cc1cc(-n2nc(C)c(C)c2C)ccc1SCc1c(C)cccc1N(N)C(=O)N(C)N. The molecule has 0 saturated heterocycles. The van der Waals surface area contributed by atoms with Crippen LogP contribution in [-0.4, -0.2) is 27.9 Å². The number of nitrogens with two attached hydrogens (primary N) is 2. The lowest BCUT2D eigenvalue weighted by Crippen LogP contribution is -2.49. The predicted molar refractivity (Wildman–Crippen MR) is 127 cm³/mol. The Labute approximate surface area is 187 Å². The summed E-state index contributed by atoms with van der Waals surface area (Å²) in [5, 5.41) is 6.74. The lowest BCUT2D eigenvalue weighted by atomic mass is 10.1. The fourth-order valence-electron chi connectivity index (χ4n) is 3.42. The van der Waals surface area contributed by atoms with Crippen LogP contribution in [0.4, 0.5) is 10.5 Å². The molecule has 164 valence electrons. The van der Waals surface area contributed by atoms with E-state index in [1.54, 1.807) is 11.8 Å². The number of benzene rings is 2. The van der Waals surface area contributed by atoms with Gasteiger partial charge in [0.1, 0.15) is 0 Å². The zero-order valence-electron chi connectivity index (χ0n) is 18.9. The van der Waals surface area contributed by atoms with Gasteiger partial charge in [0.25, 0.3) is 0 Å². The second-order valence-electron chi connectivity index (χ2n) is 7.78. The number of anilines is 1. The fraction of sp³-hybridized carbons (Fsp3) is 0.304. The third kappa shape index (κ3) is 4.61. The number of aryl methyl sites for hydroxylation is 3. The number of carbonyl (C=O) groups is 1. The van der Waals surface area contributed by atoms with Gasteiger partial charge in [-0.1, -0.05) is 12.1 Å². The molecule has 0 unspecified atom stereocenters. The van der Waals surface area contributed by atoms with Gasteiger partial charge in [-0.15, -0.1) is 11.8 Å². The van der Waals surface area contributed by atoms with Gasteiger partial charge < -0.3 is 0 Å². The van der Waals surface area contributed by atoms with E-state index in [1.807, 2.05) is 36.7 Å². The van der Waals surface area contributed by atoms with Crippen molar-refractivity contribution in [1.82, 2.24) is 14.8 Å². The summed E-state index contributed by atoms with van der Waals surface area (Å²) in [6.07, 6.45) is 0. The Kier molecular flexibility index (Phi) is 6.74. The highest BCUT2D eigenvalue weighted by Gasteiger charge is 2.19. The molecule has 4 N–H and O–H groups in total. The molecule has 0 bridgehead atoms. The van der Waals surface area contributed by atoms with Crippen molar-refractivity contribution in [3.05, 3.63) is 70.0 Å². The van der Waals surface area contributed by atoms with Crippen molar-refractivity contribution in [2.75, 3.05) is 12.1 Å². The monoisotopic (exact) mass is 438 g/mol. The average Bonchev–Trinajstić information content (AvgIpc) is 2.99. The van der Waals surface area contributed by atoms with Crippen LogP contribution in [0.2, 0.25) is 0 Å². The molecule has 7 nitrogen and oxygen atoms in total. The Morgan fingerprint density at radius 2 is 1.77 bits per heavy atom. The van der Waals surface area contributed by atoms with Crippen molar-refractivity contribution in [2.24, 2.45) is 11.7 Å². The van der Waals surface area contributed by atoms with Gasteiger partial charge in [-0.2, -0.15) is 5.10 Å². The van der Waals surface area contributed by atoms with E-state index in [2.05, 4.69) is 44.1 Å². The third-order valence-corrected chi connectivity index (χ3v) is 6.78. The maximum Gasteiger partial charge on any atom is 0.352 e. The van der Waals surface area contributed by atoms with Gasteiger partial charge in [0.2, 0.25) is 0 Å². The summed E-state index contributed by atoms with van der Waals surface area (Å²) >= 11 is 1.71. The van der Waals surface area contributed by atoms with Crippen molar-refractivity contribution in [3.8, 4) is 5.69 Å². The molecule has 0 radical (unpaired) electrons. The van der Waals surface area contributed by atoms with Crippen LogP contribution in [0.15, 0.2) is 41.3 Å². The Hall–Kier alpha value is -2.81. The average molecular weight is 439 g/mol. The summed E-state index contributed by atoms with van der Waals surface area (Å²) in [7, 11) is 1.47. The van der Waals surface area contributed by atoms with Crippen molar-refractivity contribution >= 4 is 23.5 Å². The number of urea groups is 1. The maximum atomic E-state index is 12.2. The van der Waals surface area contributed by atoms with Gasteiger partial charge in [0.15, 0.2) is 0 Å². The molecule has 0 fully saturated rings. The molecule has 2 amide bonds. The van der Waals surface area contributed by atoms with Crippen LogP contribution in [0.3, 0.4) is 0 Å². The minimum atomic E-state index is -0.474. The molecule has 3 aromatic rings. The summed E-state index contributed by atoms with van der Waals surface area (Å²) in [4.78, 5) is 13.4. The molecule has 3 rings (SSSR count). The van der Waals surface area contributed by atoms with E-state index in [-0.39, 0.29) is 0 Å². The molecule has 0 atom stereocenters. The number of aromatic nitrogens is 2. The minimum Gasteiger partial charge on any atom is -0.264 e. The van der Waals surface area contributed by atoms with Crippen molar-refractivity contribution in [1.29, 1.82) is 0 Å². The van der Waals surface area contributed by atoms with E-state index in [0.29, 0.717) is 11.4 Å². The summed E-state index contributed by atoms with van der Waals surface area (Å²) < 4.78 is 1.99. The quantitative estimate of drug-likeness (QED) is 0.268. The highest BCUT2D eigenvalue weighted by atomic mass is 32.2. The predicted octanol–water partition coefficient (Wildman–Crippen LogP) is 4.31. The van der Waals surface area contributed by atoms with E-state index in [9.17, 15) is 4.79 Å². The van der Waals surface area contributed by atoms with Crippen LogP contribution in [0.1, 0.15) is 33.6 Å². The maximum absolute atomic E-state index is 12.2. The Balaban J connectivity index is 1.85. The first-order valence-corrected chi connectivity index (χ1v) is 11.0. The Morgan fingerprint density at radius 1 is 1.06 bits per heavy atom. The normalized spacial score (nSPS) is 11.0. The van der Waals surface area contributed by atoms with Crippen LogP contribution >= 0.6 is 11.8 Å². The summed E-state index contributed by atoms with van der Waals surface area (Å²) in [5.41, 5.74) is 8.36. The molecule has 0 aliphatic heterocycles. The van der Waals surface area contributed by atoms with Gasteiger partial charge in [0, 0.05) is 23.4 Å². The summed E-state index contributed by atoms with van der Waals surface area (Å²) in [5.74, 6) is 12.3. The number of nitrogens with zero attached hydrogens (tertiary/aromatic N) is 4. The van der Waals surface area contributed by atoms with Crippen LogP contribution in [0.5, 0.6) is 0 Å². The Bertz CT molecular complexity index is 1120. The van der Waals surface area contributed by atoms with E-state index in [0.717, 1.165) is 38.2 Å². The van der Waals surface area contributed by atoms with E-state index in [1.165, 1.54) is 23.1 Å². The molecular weight excluding hydrogens is 408 g/mol. The largest absolute Gasteiger partial charge is 0.352 e. The van der Waals surface area contributed by atoms with Gasteiger partial charge in [-0.25, -0.2) is 26.2 Å². The van der Waals surface area contributed by atoms with E-state index < -0.39 is 6.03 Å². The van der Waals surface area contributed by atoms with Crippen molar-refractivity contribution < 1.29 is 4.79 Å². The Morgan fingerprint density at radius 3 is 2.35 bits per heavy atom. The number of amides is 2. The zero-order valence-corrected chi connectivity index (χ0v) is 19.7. The number of hydrogen-bond donors (Lipinski definition) is 2. The highest BCUT2D eigenvalue weighted by molar-refractivity contribution is 7.98. The number of hydrazine groups is 2. The van der Waals surface area contributed by atoms with Gasteiger partial charge in [-0.3, -0.25) is 5.01 Å². The second kappa shape index (κ2) is 9.13. The van der Waals surface area contributed by atoms with Crippen LogP contribution in [0.25, 0.3) is 5.69 Å². The first-order valence-electron chi connectivity index (χ1n) is 10.0. The molecule has 2 aromatic carbocycles. The molecule has 1 aromatic heterocycles. The number of rotatable bonds is 5. The molecule has 8 heteroatoms. The molecule has 0 saturated carbocycles. The third-order valence-electron chi connectivity index (χ3n) is 5.58. The highest BCUT2D eigenvalue weighted by Crippen LogP contribution is 2.33. The summed E-state index contributed by atoms with van der Waals surface area (Å²) in [6, 6.07) is 11.6. The smallest absolute Gasteiger partial charge is 0.264 e. The van der Waals surface area contributed by atoms with Crippen molar-refractivity contribution in [3.63, 3.8) is 0 Å². The second-order valence-corrected chi connectivity index (χ2v) is 8.80. The molecule has 31 heavy (non-hydrogen) atoms. The minimum absolute atomic E-state index is 0.474. The molecule has 1 heterocycles. The molecule has 0 aliphatic rings. The van der Waals surface area contributed by atoms with E-state index >= 15 is 0 Å². The topological polar surface area (TPSA) is 93.4 Å². The first kappa shape index (κ1) is 22.9. The molecular formula is C23H30N6OS. The zero-order chi connectivity index (χ0) is 22.9. The van der Waals surface area contributed by atoms with Crippen molar-refractivity contribution in [2.45, 2.75) is 45.3 Å². The van der Waals surface area contributed by atoms with Crippen LogP contribution < -0.4 is 16.7 Å². The van der Waals surface area contributed by atoms with Gasteiger partial charge >= 0.3 is 6.03 Å². The number of carbonyl (C=O) groups excluding carboxylic acids is 1. The number of hydrogen-bond acceptors (Lipinski definition) is 5.